The highest BCUT2D eigenvalue weighted by Crippen LogP contribution is 2.28. The van der Waals surface area contributed by atoms with Crippen LogP contribution >= 0.6 is 0 Å². The summed E-state index contributed by atoms with van der Waals surface area (Å²) in [7, 11) is 0. The second-order valence-corrected chi connectivity index (χ2v) is 3.91. The summed E-state index contributed by atoms with van der Waals surface area (Å²) in [5, 5.41) is 10.7. The first-order valence-electron chi connectivity index (χ1n) is 5.52. The van der Waals surface area contributed by atoms with Crippen LogP contribution in [0, 0.1) is 17.0 Å². The van der Waals surface area contributed by atoms with E-state index in [0.29, 0.717) is 30.2 Å². The van der Waals surface area contributed by atoms with E-state index in [-0.39, 0.29) is 5.69 Å². The van der Waals surface area contributed by atoms with E-state index in [4.69, 9.17) is 10.2 Å². The minimum Gasteiger partial charge on any atom is -0.441 e. The first-order chi connectivity index (χ1) is 8.61. The summed E-state index contributed by atoms with van der Waals surface area (Å²) in [6, 6.07) is 4.65. The third kappa shape index (κ3) is 2.38. The van der Waals surface area contributed by atoms with Gasteiger partial charge in [0, 0.05) is 30.7 Å². The maximum absolute atomic E-state index is 10.7. The van der Waals surface area contributed by atoms with Crippen LogP contribution < -0.4 is 5.73 Å². The normalized spacial score (nSPS) is 10.6. The minimum atomic E-state index is -0.430. The van der Waals surface area contributed by atoms with Crippen molar-refractivity contribution in [1.82, 2.24) is 4.98 Å². The summed E-state index contributed by atoms with van der Waals surface area (Å²) in [4.78, 5) is 14.4. The lowest BCUT2D eigenvalue weighted by Gasteiger charge is -2.01. The molecule has 0 bridgehead atoms. The fourth-order valence-electron chi connectivity index (χ4n) is 1.66. The van der Waals surface area contributed by atoms with E-state index in [2.05, 4.69) is 4.98 Å². The number of nitrogens with two attached hydrogens (primary N) is 1. The Kier molecular flexibility index (Phi) is 3.38. The van der Waals surface area contributed by atoms with Gasteiger partial charge in [0.25, 0.3) is 5.69 Å². The van der Waals surface area contributed by atoms with Gasteiger partial charge in [-0.15, -0.1) is 0 Å². The topological polar surface area (TPSA) is 95.2 Å². The standard InChI is InChI=1S/C12H13N3O3/c1-8-2-3-9(15(16)17)6-10(8)11-7-14-12(18-11)4-5-13/h2-3,6-7H,4-5,13H2,1H3. The predicted octanol–water partition coefficient (Wildman–Crippen LogP) is 2.06. The Morgan fingerprint density at radius 1 is 1.50 bits per heavy atom. The van der Waals surface area contributed by atoms with Gasteiger partial charge in [-0.25, -0.2) is 4.98 Å². The van der Waals surface area contributed by atoms with Crippen LogP contribution in [0.25, 0.3) is 11.3 Å². The van der Waals surface area contributed by atoms with Crippen LogP contribution in [0.3, 0.4) is 0 Å². The molecule has 2 aromatic rings. The molecule has 1 heterocycles. The number of hydrogen-bond donors (Lipinski definition) is 1. The molecule has 0 fully saturated rings. The Balaban J connectivity index is 2.41. The van der Waals surface area contributed by atoms with E-state index in [0.717, 1.165) is 5.56 Å². The molecule has 2 rings (SSSR count). The van der Waals surface area contributed by atoms with E-state index in [1.54, 1.807) is 12.3 Å². The number of aryl methyl sites for hydroxylation is 1. The van der Waals surface area contributed by atoms with Gasteiger partial charge in [0.1, 0.15) is 0 Å². The fraction of sp³-hybridized carbons (Fsp3) is 0.250. The zero-order valence-electron chi connectivity index (χ0n) is 9.92. The average molecular weight is 247 g/mol. The fourth-order valence-corrected chi connectivity index (χ4v) is 1.66. The molecule has 0 spiro atoms. The van der Waals surface area contributed by atoms with Crippen molar-refractivity contribution in [1.29, 1.82) is 0 Å². The highest BCUT2D eigenvalue weighted by Gasteiger charge is 2.13. The van der Waals surface area contributed by atoms with E-state index in [9.17, 15) is 10.1 Å². The zero-order chi connectivity index (χ0) is 13.1. The van der Waals surface area contributed by atoms with Crippen molar-refractivity contribution in [3.8, 4) is 11.3 Å². The molecule has 2 N–H and O–H groups in total. The van der Waals surface area contributed by atoms with Gasteiger partial charge in [0.15, 0.2) is 11.7 Å². The molecule has 0 saturated carbocycles. The number of nitro groups is 1. The number of rotatable bonds is 4. The predicted molar refractivity (Wildman–Crippen MR) is 66.1 cm³/mol. The molecule has 6 heteroatoms. The highest BCUT2D eigenvalue weighted by atomic mass is 16.6. The van der Waals surface area contributed by atoms with Crippen molar-refractivity contribution in [3.63, 3.8) is 0 Å². The van der Waals surface area contributed by atoms with Crippen molar-refractivity contribution >= 4 is 5.69 Å². The Bertz CT molecular complexity index is 578. The van der Waals surface area contributed by atoms with E-state index < -0.39 is 4.92 Å². The van der Waals surface area contributed by atoms with Crippen LogP contribution in [0.4, 0.5) is 5.69 Å². The number of non-ortho nitro benzene ring substituents is 1. The highest BCUT2D eigenvalue weighted by molar-refractivity contribution is 5.64. The summed E-state index contributed by atoms with van der Waals surface area (Å²) < 4.78 is 5.51. The third-order valence-corrected chi connectivity index (χ3v) is 2.61. The van der Waals surface area contributed by atoms with Crippen LogP contribution in [-0.4, -0.2) is 16.5 Å². The lowest BCUT2D eigenvalue weighted by atomic mass is 10.1. The number of aromatic nitrogens is 1. The van der Waals surface area contributed by atoms with Crippen LogP contribution in [-0.2, 0) is 6.42 Å². The van der Waals surface area contributed by atoms with Crippen molar-refractivity contribution in [3.05, 3.63) is 46.0 Å². The van der Waals surface area contributed by atoms with Crippen molar-refractivity contribution in [2.24, 2.45) is 5.73 Å². The van der Waals surface area contributed by atoms with Crippen LogP contribution in [0.15, 0.2) is 28.8 Å². The lowest BCUT2D eigenvalue weighted by Crippen LogP contribution is -2.02. The maximum Gasteiger partial charge on any atom is 0.270 e. The van der Waals surface area contributed by atoms with E-state index >= 15 is 0 Å². The molecule has 0 aliphatic carbocycles. The second kappa shape index (κ2) is 4.97. The van der Waals surface area contributed by atoms with Crippen molar-refractivity contribution in [2.45, 2.75) is 13.3 Å². The average Bonchev–Trinajstić information content (AvgIpc) is 2.78. The lowest BCUT2D eigenvalue weighted by molar-refractivity contribution is -0.384. The molecule has 0 aliphatic heterocycles. The summed E-state index contributed by atoms with van der Waals surface area (Å²) in [6.45, 7) is 2.32. The Hall–Kier alpha value is -2.21. The first kappa shape index (κ1) is 12.3. The molecule has 18 heavy (non-hydrogen) atoms. The smallest absolute Gasteiger partial charge is 0.270 e. The molecule has 1 aromatic heterocycles. The molecule has 0 amide bonds. The molecular formula is C12H13N3O3. The van der Waals surface area contributed by atoms with Gasteiger partial charge in [-0.3, -0.25) is 10.1 Å². The van der Waals surface area contributed by atoms with Gasteiger partial charge < -0.3 is 10.2 Å². The summed E-state index contributed by atoms with van der Waals surface area (Å²) >= 11 is 0. The second-order valence-electron chi connectivity index (χ2n) is 3.91. The number of oxazole rings is 1. The van der Waals surface area contributed by atoms with Gasteiger partial charge in [0.05, 0.1) is 11.1 Å². The van der Waals surface area contributed by atoms with Gasteiger partial charge >= 0.3 is 0 Å². The Morgan fingerprint density at radius 2 is 2.28 bits per heavy atom. The Labute approximate surface area is 104 Å². The van der Waals surface area contributed by atoms with E-state index in [1.807, 2.05) is 6.92 Å². The summed E-state index contributed by atoms with van der Waals surface area (Å²) in [5.74, 6) is 1.07. The third-order valence-electron chi connectivity index (χ3n) is 2.61. The zero-order valence-corrected chi connectivity index (χ0v) is 9.92. The number of nitro benzene ring substituents is 1. The minimum absolute atomic E-state index is 0.0346. The van der Waals surface area contributed by atoms with Gasteiger partial charge in [-0.2, -0.15) is 0 Å². The van der Waals surface area contributed by atoms with E-state index in [1.165, 1.54) is 12.1 Å². The number of nitrogens with zero attached hydrogens (tertiary/aromatic N) is 2. The summed E-state index contributed by atoms with van der Waals surface area (Å²) in [5.41, 5.74) is 7.03. The molecule has 0 aliphatic rings. The van der Waals surface area contributed by atoms with Crippen LogP contribution in [0.2, 0.25) is 0 Å². The van der Waals surface area contributed by atoms with Gasteiger partial charge in [-0.05, 0) is 12.5 Å². The largest absolute Gasteiger partial charge is 0.441 e. The SMILES string of the molecule is Cc1ccc([N+](=O)[O-])cc1-c1cnc(CCN)o1. The molecule has 0 unspecified atom stereocenters. The molecule has 0 radical (unpaired) electrons. The van der Waals surface area contributed by atoms with Gasteiger partial charge in [-0.1, -0.05) is 6.07 Å². The quantitative estimate of drug-likeness (QED) is 0.659. The molecule has 94 valence electrons. The molecule has 0 saturated heterocycles. The van der Waals surface area contributed by atoms with Crippen molar-refractivity contribution in [2.75, 3.05) is 6.54 Å². The van der Waals surface area contributed by atoms with Crippen molar-refractivity contribution < 1.29 is 9.34 Å². The van der Waals surface area contributed by atoms with Crippen LogP contribution in [0.1, 0.15) is 11.5 Å². The monoisotopic (exact) mass is 247 g/mol. The summed E-state index contributed by atoms with van der Waals surface area (Å²) in [6.07, 6.45) is 2.12. The number of benzene rings is 1. The first-order valence-corrected chi connectivity index (χ1v) is 5.52. The number of hydrogen-bond acceptors (Lipinski definition) is 5. The molecular weight excluding hydrogens is 234 g/mol. The van der Waals surface area contributed by atoms with Gasteiger partial charge in [0.2, 0.25) is 0 Å². The molecule has 6 nitrogen and oxygen atoms in total. The molecule has 1 aromatic carbocycles. The van der Waals surface area contributed by atoms with Crippen LogP contribution in [0.5, 0.6) is 0 Å². The maximum atomic E-state index is 10.7. The molecule has 0 atom stereocenters. The Morgan fingerprint density at radius 3 is 2.94 bits per heavy atom.